The van der Waals surface area contributed by atoms with Crippen LogP contribution in [0.4, 0.5) is 0 Å². The molecular weight excluding hydrogens is 354 g/mol. The Kier molecular flexibility index (Phi) is 3.11. The van der Waals surface area contributed by atoms with Gasteiger partial charge in [-0.15, -0.1) is 0 Å². The lowest BCUT2D eigenvalue weighted by atomic mass is 9.71. The van der Waals surface area contributed by atoms with Crippen LogP contribution in [0.25, 0.3) is 0 Å². The Labute approximate surface area is 154 Å². The summed E-state index contributed by atoms with van der Waals surface area (Å²) in [6, 6.07) is 1.26. The standard InChI is InChI=1S/C19H17NO7/c1-7(21)12-8(22)6-11-19(4,16(12)24)14-9(23)5-10-13(15(14)26-11)17(25)20-18(2,3)27-10/h5-6,22-23H,1-4H3,(H,20,25)/t19-/m1/s1. The number of ether oxygens (including phenoxy) is 2. The third-order valence-corrected chi connectivity index (χ3v) is 4.99. The number of ketones is 2. The van der Waals surface area contributed by atoms with E-state index in [1.165, 1.54) is 19.9 Å². The second-order valence-electron chi connectivity index (χ2n) is 7.42. The van der Waals surface area contributed by atoms with Crippen molar-refractivity contribution in [2.45, 2.75) is 38.8 Å². The first-order valence-electron chi connectivity index (χ1n) is 8.28. The van der Waals surface area contributed by atoms with Crippen LogP contribution in [0.5, 0.6) is 17.2 Å². The fraction of sp³-hybridized carbons (Fsp3) is 0.316. The number of rotatable bonds is 1. The summed E-state index contributed by atoms with van der Waals surface area (Å²) in [7, 11) is 0. The minimum Gasteiger partial charge on any atom is -0.507 e. The van der Waals surface area contributed by atoms with Crippen LogP contribution in [0.2, 0.25) is 0 Å². The molecular formula is C19H17NO7. The minimum atomic E-state index is -1.55. The number of aromatic hydroxyl groups is 1. The van der Waals surface area contributed by atoms with Gasteiger partial charge >= 0.3 is 0 Å². The number of carbonyl (C=O) groups excluding carboxylic acids is 3. The number of aliphatic hydroxyl groups excluding tert-OH is 1. The molecule has 0 aromatic heterocycles. The molecule has 8 nitrogen and oxygen atoms in total. The molecule has 1 amide bonds. The predicted molar refractivity (Wildman–Crippen MR) is 91.7 cm³/mol. The molecule has 3 N–H and O–H groups in total. The van der Waals surface area contributed by atoms with E-state index in [0.29, 0.717) is 0 Å². The van der Waals surface area contributed by atoms with E-state index < -0.39 is 34.4 Å². The SMILES string of the molecule is CC(=O)C1=C(O)C=C2Oc3c4c(cc(O)c3[C@]2(C)C1=O)OC(C)(C)NC4=O. The third kappa shape index (κ3) is 2.06. The molecule has 0 saturated carbocycles. The molecule has 8 heteroatoms. The van der Waals surface area contributed by atoms with E-state index in [1.807, 2.05) is 0 Å². The molecule has 0 fully saturated rings. The molecule has 0 bridgehead atoms. The lowest BCUT2D eigenvalue weighted by molar-refractivity contribution is -0.123. The Balaban J connectivity index is 1.99. The van der Waals surface area contributed by atoms with Crippen molar-refractivity contribution in [3.63, 3.8) is 0 Å². The van der Waals surface area contributed by atoms with Crippen molar-refractivity contribution in [3.8, 4) is 17.2 Å². The van der Waals surface area contributed by atoms with Gasteiger partial charge in [0.25, 0.3) is 5.91 Å². The lowest BCUT2D eigenvalue weighted by Gasteiger charge is -2.34. The molecule has 0 unspecified atom stereocenters. The molecule has 0 saturated heterocycles. The number of fused-ring (bicyclic) bond motifs is 5. The summed E-state index contributed by atoms with van der Waals surface area (Å²) >= 11 is 0. The fourth-order valence-electron chi connectivity index (χ4n) is 3.78. The van der Waals surface area contributed by atoms with E-state index in [2.05, 4.69) is 5.32 Å². The molecule has 3 aliphatic rings. The van der Waals surface area contributed by atoms with E-state index in [9.17, 15) is 24.6 Å². The second-order valence-corrected chi connectivity index (χ2v) is 7.42. The summed E-state index contributed by atoms with van der Waals surface area (Å²) in [5.74, 6) is -2.53. The van der Waals surface area contributed by atoms with Gasteiger partial charge in [-0.2, -0.15) is 0 Å². The third-order valence-electron chi connectivity index (χ3n) is 4.99. The fourth-order valence-corrected chi connectivity index (χ4v) is 3.78. The summed E-state index contributed by atoms with van der Waals surface area (Å²) in [5, 5.41) is 23.4. The highest BCUT2D eigenvalue weighted by molar-refractivity contribution is 6.25. The van der Waals surface area contributed by atoms with Crippen molar-refractivity contribution in [2.24, 2.45) is 0 Å². The monoisotopic (exact) mass is 371 g/mol. The molecule has 0 radical (unpaired) electrons. The van der Waals surface area contributed by atoms with Gasteiger partial charge in [-0.1, -0.05) is 0 Å². The summed E-state index contributed by atoms with van der Waals surface area (Å²) in [6.07, 6.45) is 1.16. The van der Waals surface area contributed by atoms with Crippen LogP contribution in [0, 0.1) is 0 Å². The Morgan fingerprint density at radius 3 is 2.48 bits per heavy atom. The molecule has 1 aromatic rings. The Morgan fingerprint density at radius 1 is 1.19 bits per heavy atom. The molecule has 1 atom stereocenters. The van der Waals surface area contributed by atoms with Gasteiger partial charge in [0.2, 0.25) is 0 Å². The quantitative estimate of drug-likeness (QED) is 0.643. The van der Waals surface area contributed by atoms with Crippen LogP contribution < -0.4 is 14.8 Å². The predicted octanol–water partition coefficient (Wildman–Crippen LogP) is 1.77. The van der Waals surface area contributed by atoms with E-state index in [0.717, 1.165) is 6.08 Å². The van der Waals surface area contributed by atoms with Crippen LogP contribution in [0.3, 0.4) is 0 Å². The van der Waals surface area contributed by atoms with Gasteiger partial charge < -0.3 is 25.0 Å². The van der Waals surface area contributed by atoms with Gasteiger partial charge in [0.05, 0.1) is 5.56 Å². The summed E-state index contributed by atoms with van der Waals surface area (Å²) in [5.41, 5.74) is -2.82. The maximum Gasteiger partial charge on any atom is 0.261 e. The number of carbonyl (C=O) groups is 3. The number of phenolic OH excluding ortho intramolecular Hbond substituents is 1. The van der Waals surface area contributed by atoms with Crippen LogP contribution >= 0.6 is 0 Å². The number of benzene rings is 1. The maximum atomic E-state index is 13.0. The zero-order valence-electron chi connectivity index (χ0n) is 15.1. The van der Waals surface area contributed by atoms with Crippen LogP contribution in [-0.4, -0.2) is 33.4 Å². The Morgan fingerprint density at radius 2 is 1.85 bits per heavy atom. The number of hydrogen-bond donors (Lipinski definition) is 3. The molecule has 140 valence electrons. The first-order valence-corrected chi connectivity index (χ1v) is 8.28. The average molecular weight is 371 g/mol. The highest BCUT2D eigenvalue weighted by atomic mass is 16.5. The Bertz CT molecular complexity index is 1030. The Hall–Kier alpha value is -3.29. The van der Waals surface area contributed by atoms with Crippen molar-refractivity contribution in [2.75, 3.05) is 0 Å². The first-order chi connectivity index (χ1) is 12.5. The molecule has 1 aromatic carbocycles. The number of amides is 1. The van der Waals surface area contributed by atoms with E-state index in [1.54, 1.807) is 13.8 Å². The van der Waals surface area contributed by atoms with Gasteiger partial charge in [0.1, 0.15) is 39.6 Å². The van der Waals surface area contributed by atoms with Crippen molar-refractivity contribution >= 4 is 17.5 Å². The van der Waals surface area contributed by atoms with E-state index >= 15 is 0 Å². The average Bonchev–Trinajstić information content (AvgIpc) is 2.79. The molecule has 1 aliphatic carbocycles. The zero-order valence-corrected chi connectivity index (χ0v) is 15.1. The van der Waals surface area contributed by atoms with Gasteiger partial charge in [-0.3, -0.25) is 14.4 Å². The summed E-state index contributed by atoms with van der Waals surface area (Å²) < 4.78 is 11.4. The van der Waals surface area contributed by atoms with Gasteiger partial charge in [-0.25, -0.2) is 0 Å². The largest absolute Gasteiger partial charge is 0.507 e. The first kappa shape index (κ1) is 17.1. The van der Waals surface area contributed by atoms with Gasteiger partial charge in [-0.05, 0) is 27.7 Å². The second kappa shape index (κ2) is 4.91. The number of Topliss-reactive ketones (excluding diaryl/α,β-unsaturated/α-hetero) is 2. The molecule has 0 spiro atoms. The van der Waals surface area contributed by atoms with Crippen LogP contribution in [-0.2, 0) is 15.0 Å². The number of aliphatic hydroxyl groups is 1. The normalized spacial score (nSPS) is 24.8. The molecule has 27 heavy (non-hydrogen) atoms. The highest BCUT2D eigenvalue weighted by Crippen LogP contribution is 2.57. The number of allylic oxidation sites excluding steroid dienone is 3. The topological polar surface area (TPSA) is 122 Å². The summed E-state index contributed by atoms with van der Waals surface area (Å²) in [4.78, 5) is 37.5. The molecule has 2 aliphatic heterocycles. The van der Waals surface area contributed by atoms with Crippen molar-refractivity contribution in [1.29, 1.82) is 0 Å². The number of hydrogen-bond acceptors (Lipinski definition) is 7. The lowest BCUT2D eigenvalue weighted by Crippen LogP contribution is -2.51. The van der Waals surface area contributed by atoms with E-state index in [4.69, 9.17) is 9.47 Å². The van der Waals surface area contributed by atoms with Gasteiger partial charge in [0, 0.05) is 12.1 Å². The van der Waals surface area contributed by atoms with Crippen molar-refractivity contribution in [1.82, 2.24) is 5.32 Å². The summed E-state index contributed by atoms with van der Waals surface area (Å²) in [6.45, 7) is 5.93. The smallest absolute Gasteiger partial charge is 0.261 e. The zero-order chi connectivity index (χ0) is 19.9. The van der Waals surface area contributed by atoms with E-state index in [-0.39, 0.29) is 39.7 Å². The molecule has 4 rings (SSSR count). The number of phenols is 1. The molecule has 2 heterocycles. The van der Waals surface area contributed by atoms with Crippen molar-refractivity contribution < 1.29 is 34.1 Å². The van der Waals surface area contributed by atoms with Crippen LogP contribution in [0.1, 0.15) is 43.6 Å². The highest BCUT2D eigenvalue weighted by Gasteiger charge is 2.56. The maximum absolute atomic E-state index is 13.0. The van der Waals surface area contributed by atoms with Gasteiger partial charge in [0.15, 0.2) is 23.0 Å². The number of nitrogens with one attached hydrogen (secondary N) is 1. The van der Waals surface area contributed by atoms with Crippen LogP contribution in [0.15, 0.2) is 29.2 Å². The minimum absolute atomic E-state index is 0.0198. The van der Waals surface area contributed by atoms with Crippen molar-refractivity contribution in [3.05, 3.63) is 40.4 Å².